The minimum absolute atomic E-state index is 0.167. The molecule has 0 aromatic carbocycles. The Hall–Kier alpha value is -0.830. The van der Waals surface area contributed by atoms with Crippen molar-refractivity contribution in [1.82, 2.24) is 9.78 Å². The summed E-state index contributed by atoms with van der Waals surface area (Å²) in [6.45, 7) is 4.49. The van der Waals surface area contributed by atoms with Gasteiger partial charge in [-0.2, -0.15) is 5.10 Å². The van der Waals surface area contributed by atoms with Crippen LogP contribution in [0.2, 0.25) is 0 Å². The van der Waals surface area contributed by atoms with E-state index in [1.165, 1.54) is 31.4 Å². The van der Waals surface area contributed by atoms with Crippen LogP contribution in [-0.4, -0.2) is 9.78 Å². The molecule has 0 bridgehead atoms. The van der Waals surface area contributed by atoms with Gasteiger partial charge < -0.3 is 5.73 Å². The van der Waals surface area contributed by atoms with Gasteiger partial charge in [-0.25, -0.2) is 0 Å². The van der Waals surface area contributed by atoms with Crippen LogP contribution in [0, 0.1) is 11.8 Å². The zero-order chi connectivity index (χ0) is 12.4. The van der Waals surface area contributed by atoms with Crippen molar-refractivity contribution in [2.45, 2.75) is 52.0 Å². The van der Waals surface area contributed by atoms with Crippen LogP contribution in [0.5, 0.6) is 0 Å². The predicted molar refractivity (Wildman–Crippen MR) is 70.6 cm³/mol. The summed E-state index contributed by atoms with van der Waals surface area (Å²) in [6, 6.07) is 2.35. The number of rotatable bonds is 3. The first-order valence-corrected chi connectivity index (χ1v) is 6.90. The maximum absolute atomic E-state index is 6.42. The zero-order valence-corrected chi connectivity index (χ0v) is 11.3. The van der Waals surface area contributed by atoms with Gasteiger partial charge in [-0.05, 0) is 37.2 Å². The first-order chi connectivity index (χ1) is 8.11. The molecule has 1 unspecified atom stereocenters. The highest BCUT2D eigenvalue weighted by atomic mass is 15.3. The van der Waals surface area contributed by atoms with Crippen molar-refractivity contribution in [2.75, 3.05) is 0 Å². The van der Waals surface area contributed by atoms with Crippen LogP contribution < -0.4 is 5.73 Å². The third-order valence-corrected chi connectivity index (χ3v) is 4.24. The fourth-order valence-electron chi connectivity index (χ4n) is 2.91. The van der Waals surface area contributed by atoms with Gasteiger partial charge in [-0.15, -0.1) is 0 Å². The minimum atomic E-state index is 0.167. The molecule has 3 nitrogen and oxygen atoms in total. The monoisotopic (exact) mass is 235 g/mol. The van der Waals surface area contributed by atoms with Gasteiger partial charge in [0.2, 0.25) is 0 Å². The van der Waals surface area contributed by atoms with Crippen LogP contribution in [0.1, 0.15) is 57.0 Å². The van der Waals surface area contributed by atoms with Crippen molar-refractivity contribution >= 4 is 0 Å². The fourth-order valence-corrected chi connectivity index (χ4v) is 2.91. The average Bonchev–Trinajstić information content (AvgIpc) is 2.71. The molecule has 2 rings (SSSR count). The van der Waals surface area contributed by atoms with Gasteiger partial charge in [0.1, 0.15) is 0 Å². The molecule has 0 saturated heterocycles. The van der Waals surface area contributed by atoms with E-state index in [9.17, 15) is 0 Å². The van der Waals surface area contributed by atoms with E-state index in [0.717, 1.165) is 18.0 Å². The number of hydrogen-bond acceptors (Lipinski definition) is 2. The number of nitrogens with two attached hydrogens (primary N) is 1. The Kier molecular flexibility index (Phi) is 3.87. The molecule has 1 heterocycles. The summed E-state index contributed by atoms with van der Waals surface area (Å²) in [5.41, 5.74) is 8.79. The molecule has 2 N–H and O–H groups in total. The van der Waals surface area contributed by atoms with Crippen molar-refractivity contribution in [2.24, 2.45) is 24.6 Å². The lowest BCUT2D eigenvalue weighted by Gasteiger charge is -2.30. The van der Waals surface area contributed by atoms with Gasteiger partial charge >= 0.3 is 0 Å². The highest BCUT2D eigenvalue weighted by Crippen LogP contribution is 2.35. The number of aromatic nitrogens is 2. The highest BCUT2D eigenvalue weighted by molar-refractivity contribution is 5.15. The average molecular weight is 235 g/mol. The molecule has 1 aliphatic rings. The van der Waals surface area contributed by atoms with Gasteiger partial charge in [0.15, 0.2) is 0 Å². The highest BCUT2D eigenvalue weighted by Gasteiger charge is 2.26. The minimum Gasteiger partial charge on any atom is -0.322 e. The van der Waals surface area contributed by atoms with Crippen molar-refractivity contribution < 1.29 is 0 Å². The third-order valence-electron chi connectivity index (χ3n) is 4.24. The molecule has 0 radical (unpaired) electrons. The largest absolute Gasteiger partial charge is 0.322 e. The zero-order valence-electron chi connectivity index (χ0n) is 11.3. The molecule has 0 spiro atoms. The Morgan fingerprint density at radius 1 is 1.41 bits per heavy atom. The first-order valence-electron chi connectivity index (χ1n) is 6.90. The van der Waals surface area contributed by atoms with Crippen molar-refractivity contribution in [3.05, 3.63) is 17.5 Å². The van der Waals surface area contributed by atoms with E-state index in [4.69, 9.17) is 5.73 Å². The van der Waals surface area contributed by atoms with E-state index < -0.39 is 0 Å². The standard InChI is InChI=1S/C14H25N3/c1-4-12-9-13(17(3)16-12)14(15)11-7-5-10(2)6-8-11/h9-11,14H,4-8,15H2,1-3H3. The first kappa shape index (κ1) is 12.6. The number of nitrogens with zero attached hydrogens (tertiary/aromatic N) is 2. The Labute approximate surface area is 104 Å². The van der Waals surface area contributed by atoms with E-state index in [2.05, 4.69) is 25.0 Å². The second-order valence-electron chi connectivity index (χ2n) is 5.58. The molecule has 3 heteroatoms. The lowest BCUT2D eigenvalue weighted by atomic mass is 9.78. The van der Waals surface area contributed by atoms with Gasteiger partial charge in [0.05, 0.1) is 11.4 Å². The van der Waals surface area contributed by atoms with Gasteiger partial charge in [-0.1, -0.05) is 26.7 Å². The van der Waals surface area contributed by atoms with Gasteiger partial charge in [-0.3, -0.25) is 4.68 Å². The van der Waals surface area contributed by atoms with Crippen molar-refractivity contribution in [3.63, 3.8) is 0 Å². The molecule has 1 fully saturated rings. The lowest BCUT2D eigenvalue weighted by Crippen LogP contribution is -2.27. The molecule has 1 aromatic rings. The van der Waals surface area contributed by atoms with E-state index >= 15 is 0 Å². The quantitative estimate of drug-likeness (QED) is 0.875. The smallest absolute Gasteiger partial charge is 0.0625 e. The van der Waals surface area contributed by atoms with E-state index in [1.807, 2.05) is 11.7 Å². The van der Waals surface area contributed by atoms with Crippen LogP contribution >= 0.6 is 0 Å². The molecule has 96 valence electrons. The van der Waals surface area contributed by atoms with E-state index in [0.29, 0.717) is 5.92 Å². The van der Waals surface area contributed by atoms with Crippen LogP contribution in [-0.2, 0) is 13.5 Å². The molecule has 0 amide bonds. The topological polar surface area (TPSA) is 43.8 Å². The summed E-state index contributed by atoms with van der Waals surface area (Å²) in [7, 11) is 2.01. The van der Waals surface area contributed by atoms with Crippen molar-refractivity contribution in [1.29, 1.82) is 0 Å². The number of hydrogen-bond donors (Lipinski definition) is 1. The summed E-state index contributed by atoms with van der Waals surface area (Å²) in [5.74, 6) is 1.53. The number of aryl methyl sites for hydroxylation is 2. The molecular weight excluding hydrogens is 210 g/mol. The van der Waals surface area contributed by atoms with E-state index in [-0.39, 0.29) is 6.04 Å². The molecule has 1 atom stereocenters. The molecular formula is C14H25N3. The third kappa shape index (κ3) is 2.71. The summed E-state index contributed by atoms with van der Waals surface area (Å²) >= 11 is 0. The molecule has 1 saturated carbocycles. The second kappa shape index (κ2) is 5.21. The summed E-state index contributed by atoms with van der Waals surface area (Å²) in [4.78, 5) is 0. The maximum atomic E-state index is 6.42. The SMILES string of the molecule is CCc1cc(C(N)C2CCC(C)CC2)n(C)n1. The summed E-state index contributed by atoms with van der Waals surface area (Å²) in [6.07, 6.45) is 6.19. The summed E-state index contributed by atoms with van der Waals surface area (Å²) in [5, 5.41) is 4.50. The second-order valence-corrected chi connectivity index (χ2v) is 5.58. The maximum Gasteiger partial charge on any atom is 0.0625 e. The van der Waals surface area contributed by atoms with Crippen LogP contribution in [0.3, 0.4) is 0 Å². The normalized spacial score (nSPS) is 27.1. The molecule has 0 aliphatic heterocycles. The van der Waals surface area contributed by atoms with Crippen LogP contribution in [0.15, 0.2) is 6.07 Å². The van der Waals surface area contributed by atoms with Crippen LogP contribution in [0.4, 0.5) is 0 Å². The van der Waals surface area contributed by atoms with Gasteiger partial charge in [0, 0.05) is 13.1 Å². The Morgan fingerprint density at radius 3 is 2.59 bits per heavy atom. The lowest BCUT2D eigenvalue weighted by molar-refractivity contribution is 0.251. The predicted octanol–water partition coefficient (Wildman–Crippen LogP) is 2.81. The Morgan fingerprint density at radius 2 is 2.06 bits per heavy atom. The molecule has 1 aromatic heterocycles. The van der Waals surface area contributed by atoms with Crippen LogP contribution in [0.25, 0.3) is 0 Å². The Bertz CT molecular complexity index is 362. The fraction of sp³-hybridized carbons (Fsp3) is 0.786. The summed E-state index contributed by atoms with van der Waals surface area (Å²) < 4.78 is 1.97. The Balaban J connectivity index is 2.08. The molecule has 17 heavy (non-hydrogen) atoms. The van der Waals surface area contributed by atoms with Crippen molar-refractivity contribution in [3.8, 4) is 0 Å². The molecule has 1 aliphatic carbocycles. The van der Waals surface area contributed by atoms with Gasteiger partial charge in [0.25, 0.3) is 0 Å². The van der Waals surface area contributed by atoms with E-state index in [1.54, 1.807) is 0 Å².